The molecule has 0 saturated heterocycles. The lowest BCUT2D eigenvalue weighted by molar-refractivity contribution is -0.143. The molecule has 7 nitrogen and oxygen atoms in total. The number of esters is 1. The summed E-state index contributed by atoms with van der Waals surface area (Å²) in [6.45, 7) is 2.15. The molecule has 1 aromatic rings. The summed E-state index contributed by atoms with van der Waals surface area (Å²) in [5.41, 5.74) is 5.92. The molecule has 1 aromatic carbocycles. The van der Waals surface area contributed by atoms with Crippen molar-refractivity contribution in [3.8, 4) is 5.75 Å². The van der Waals surface area contributed by atoms with Crippen LogP contribution in [0.25, 0.3) is 0 Å². The van der Waals surface area contributed by atoms with E-state index in [1.165, 1.54) is 19.2 Å². The zero-order valence-corrected chi connectivity index (χ0v) is 12.9. The second-order valence-electron chi connectivity index (χ2n) is 4.22. The summed E-state index contributed by atoms with van der Waals surface area (Å²) >= 11 is 0. The average molecular weight is 316 g/mol. The first-order valence-electron chi connectivity index (χ1n) is 6.49. The number of sulfonamides is 1. The molecule has 0 aromatic heterocycles. The molecule has 0 heterocycles. The highest BCUT2D eigenvalue weighted by Gasteiger charge is 2.19. The minimum absolute atomic E-state index is 0.0267. The van der Waals surface area contributed by atoms with Gasteiger partial charge < -0.3 is 15.2 Å². The molecule has 0 atom stereocenters. The second kappa shape index (κ2) is 7.84. The van der Waals surface area contributed by atoms with E-state index in [9.17, 15) is 13.2 Å². The van der Waals surface area contributed by atoms with Gasteiger partial charge in [-0.15, -0.1) is 0 Å². The third-order valence-corrected chi connectivity index (χ3v) is 4.11. The summed E-state index contributed by atoms with van der Waals surface area (Å²) in [6, 6.07) is 4.37. The van der Waals surface area contributed by atoms with Gasteiger partial charge in [0.25, 0.3) is 0 Å². The number of carbonyl (C=O) groups is 1. The van der Waals surface area contributed by atoms with E-state index in [4.69, 9.17) is 15.2 Å². The van der Waals surface area contributed by atoms with E-state index < -0.39 is 10.0 Å². The molecule has 1 rings (SSSR count). The van der Waals surface area contributed by atoms with Gasteiger partial charge in [-0.05, 0) is 31.5 Å². The maximum absolute atomic E-state index is 12.2. The van der Waals surface area contributed by atoms with E-state index in [0.717, 1.165) is 0 Å². The molecule has 0 amide bonds. The maximum Gasteiger partial charge on any atom is 0.305 e. The van der Waals surface area contributed by atoms with Gasteiger partial charge in [0.2, 0.25) is 10.0 Å². The van der Waals surface area contributed by atoms with Crippen LogP contribution in [0.4, 0.5) is 5.69 Å². The normalized spacial score (nSPS) is 11.1. The first-order chi connectivity index (χ1) is 9.90. The van der Waals surface area contributed by atoms with E-state index in [0.29, 0.717) is 18.7 Å². The monoisotopic (exact) mass is 316 g/mol. The number of methoxy groups -OCH3 is 1. The summed E-state index contributed by atoms with van der Waals surface area (Å²) in [5.74, 6) is -0.139. The molecule has 0 aliphatic rings. The first kappa shape index (κ1) is 17.3. The smallest absolute Gasteiger partial charge is 0.305 e. The summed E-state index contributed by atoms with van der Waals surface area (Å²) in [6.07, 6.45) is 0.507. The average Bonchev–Trinajstić information content (AvgIpc) is 2.44. The zero-order chi connectivity index (χ0) is 15.9. The minimum atomic E-state index is -3.74. The number of anilines is 1. The molecule has 0 radical (unpaired) electrons. The van der Waals surface area contributed by atoms with Crippen molar-refractivity contribution in [3.63, 3.8) is 0 Å². The largest absolute Gasteiger partial charge is 0.495 e. The number of ether oxygens (including phenoxy) is 2. The van der Waals surface area contributed by atoms with Crippen LogP contribution in [0.2, 0.25) is 0 Å². The van der Waals surface area contributed by atoms with E-state index in [1.54, 1.807) is 13.0 Å². The lowest BCUT2D eigenvalue weighted by atomic mass is 10.3. The third-order valence-electron chi connectivity index (χ3n) is 2.63. The fraction of sp³-hybridized carbons (Fsp3) is 0.462. The topological polar surface area (TPSA) is 108 Å². The molecule has 0 unspecified atom stereocenters. The van der Waals surface area contributed by atoms with Crippen LogP contribution >= 0.6 is 0 Å². The summed E-state index contributed by atoms with van der Waals surface area (Å²) in [4.78, 5) is 11.1. The second-order valence-corrected chi connectivity index (χ2v) is 5.95. The van der Waals surface area contributed by atoms with Crippen molar-refractivity contribution in [2.24, 2.45) is 0 Å². The Kier molecular flexibility index (Phi) is 6.44. The quantitative estimate of drug-likeness (QED) is 0.419. The lowest BCUT2D eigenvalue weighted by Crippen LogP contribution is -2.26. The highest BCUT2D eigenvalue weighted by atomic mass is 32.2. The predicted molar refractivity (Wildman–Crippen MR) is 78.5 cm³/mol. The Bertz CT molecular complexity index is 586. The van der Waals surface area contributed by atoms with E-state index in [1.807, 2.05) is 0 Å². The van der Waals surface area contributed by atoms with Crippen LogP contribution in [-0.2, 0) is 19.6 Å². The summed E-state index contributed by atoms with van der Waals surface area (Å²) < 4.78 is 36.5. The molecule has 0 saturated carbocycles. The number of carbonyl (C=O) groups excluding carboxylic acids is 1. The fourth-order valence-electron chi connectivity index (χ4n) is 1.65. The van der Waals surface area contributed by atoms with Crippen molar-refractivity contribution < 1.29 is 22.7 Å². The number of nitrogens with one attached hydrogen (secondary N) is 1. The van der Waals surface area contributed by atoms with Crippen LogP contribution < -0.4 is 15.2 Å². The van der Waals surface area contributed by atoms with Gasteiger partial charge in [-0.25, -0.2) is 13.1 Å². The van der Waals surface area contributed by atoms with Gasteiger partial charge in [-0.3, -0.25) is 4.79 Å². The maximum atomic E-state index is 12.2. The van der Waals surface area contributed by atoms with Crippen LogP contribution in [0, 0.1) is 0 Å². The Morgan fingerprint density at radius 1 is 1.38 bits per heavy atom. The number of hydrogen-bond acceptors (Lipinski definition) is 6. The first-order valence-corrected chi connectivity index (χ1v) is 7.97. The van der Waals surface area contributed by atoms with Gasteiger partial charge in [-0.2, -0.15) is 0 Å². The molecule has 0 spiro atoms. The standard InChI is InChI=1S/C13H20N2O5S/c1-3-20-13(16)5-4-8-15-21(17,18)12-9-10(14)6-7-11(12)19-2/h6-7,9,15H,3-5,8,14H2,1-2H3. The van der Waals surface area contributed by atoms with Gasteiger partial charge >= 0.3 is 5.97 Å². The van der Waals surface area contributed by atoms with Crippen molar-refractivity contribution in [1.82, 2.24) is 4.72 Å². The predicted octanol–water partition coefficient (Wildman–Crippen LogP) is 0.899. The van der Waals surface area contributed by atoms with Gasteiger partial charge in [0, 0.05) is 18.7 Å². The van der Waals surface area contributed by atoms with Crippen molar-refractivity contribution in [1.29, 1.82) is 0 Å². The number of nitrogens with two attached hydrogens (primary N) is 1. The SMILES string of the molecule is CCOC(=O)CCCNS(=O)(=O)c1cc(N)ccc1OC. The van der Waals surface area contributed by atoms with E-state index >= 15 is 0 Å². The van der Waals surface area contributed by atoms with Gasteiger partial charge in [0.1, 0.15) is 10.6 Å². The molecule has 0 aliphatic heterocycles. The van der Waals surface area contributed by atoms with Crippen LogP contribution in [-0.4, -0.2) is 34.6 Å². The highest BCUT2D eigenvalue weighted by Crippen LogP contribution is 2.25. The highest BCUT2D eigenvalue weighted by molar-refractivity contribution is 7.89. The van der Waals surface area contributed by atoms with Crippen LogP contribution in [0.5, 0.6) is 5.75 Å². The van der Waals surface area contributed by atoms with Gasteiger partial charge in [0.15, 0.2) is 0 Å². The molecule has 118 valence electrons. The lowest BCUT2D eigenvalue weighted by Gasteiger charge is -2.11. The van der Waals surface area contributed by atoms with Crippen molar-refractivity contribution in [2.75, 3.05) is 26.0 Å². The van der Waals surface area contributed by atoms with Crippen LogP contribution in [0.1, 0.15) is 19.8 Å². The number of hydrogen-bond donors (Lipinski definition) is 2. The fourth-order valence-corrected chi connectivity index (χ4v) is 2.93. The van der Waals surface area contributed by atoms with Gasteiger partial charge in [0.05, 0.1) is 13.7 Å². The molecular formula is C13H20N2O5S. The van der Waals surface area contributed by atoms with Gasteiger partial charge in [-0.1, -0.05) is 0 Å². The Balaban J connectivity index is 2.66. The van der Waals surface area contributed by atoms with Crippen molar-refractivity contribution in [2.45, 2.75) is 24.7 Å². The molecule has 0 aliphatic carbocycles. The summed E-state index contributed by atoms with van der Waals surface area (Å²) in [7, 11) is -2.36. The molecule has 3 N–H and O–H groups in total. The molecule has 21 heavy (non-hydrogen) atoms. The molecule has 8 heteroatoms. The van der Waals surface area contributed by atoms with Crippen molar-refractivity contribution >= 4 is 21.7 Å². The van der Waals surface area contributed by atoms with Crippen LogP contribution in [0.15, 0.2) is 23.1 Å². The Hall–Kier alpha value is -1.80. The number of benzene rings is 1. The summed E-state index contributed by atoms with van der Waals surface area (Å²) in [5, 5.41) is 0. The van der Waals surface area contributed by atoms with E-state index in [2.05, 4.69) is 4.72 Å². The third kappa shape index (κ3) is 5.24. The minimum Gasteiger partial charge on any atom is -0.495 e. The number of nitrogen functional groups attached to an aromatic ring is 1. The Morgan fingerprint density at radius 3 is 2.71 bits per heavy atom. The van der Waals surface area contributed by atoms with Crippen molar-refractivity contribution in [3.05, 3.63) is 18.2 Å². The Labute approximate surface area is 124 Å². The number of rotatable bonds is 8. The Morgan fingerprint density at radius 2 is 2.10 bits per heavy atom. The van der Waals surface area contributed by atoms with Crippen LogP contribution in [0.3, 0.4) is 0 Å². The molecule has 0 fully saturated rings. The molecular weight excluding hydrogens is 296 g/mol. The zero-order valence-electron chi connectivity index (χ0n) is 12.1. The molecule has 0 bridgehead atoms. The van der Waals surface area contributed by atoms with E-state index in [-0.39, 0.29) is 29.6 Å².